The maximum Gasteiger partial charge on any atom is 0.271 e. The van der Waals surface area contributed by atoms with Gasteiger partial charge in [0.15, 0.2) is 11.5 Å². The molecule has 5 heteroatoms. The van der Waals surface area contributed by atoms with E-state index in [0.29, 0.717) is 18.1 Å². The molecule has 2 aromatic rings. The molecule has 2 rings (SSSR count). The third-order valence-electron chi connectivity index (χ3n) is 3.71. The van der Waals surface area contributed by atoms with Gasteiger partial charge in [-0.15, -0.1) is 10.2 Å². The van der Waals surface area contributed by atoms with Gasteiger partial charge in [-0.05, 0) is 35.6 Å². The van der Waals surface area contributed by atoms with Crippen molar-refractivity contribution in [2.75, 3.05) is 11.9 Å². The Labute approximate surface area is 143 Å². The van der Waals surface area contributed by atoms with Crippen LogP contribution in [0.1, 0.15) is 56.6 Å². The Bertz CT molecular complexity index is 675. The molecule has 0 fully saturated rings. The standard InChI is InChI=1S/C19H26N4O/c1-5-6-13-20-18(24)16-11-12-17(23-22-16)21-15-10-8-7-9-14(15)19(2,3)4/h7-12H,5-6,13H2,1-4H3,(H,20,24)(H,21,23). The van der Waals surface area contributed by atoms with Gasteiger partial charge in [-0.3, -0.25) is 4.79 Å². The summed E-state index contributed by atoms with van der Waals surface area (Å²) in [5.41, 5.74) is 2.56. The van der Waals surface area contributed by atoms with Crippen molar-refractivity contribution in [3.63, 3.8) is 0 Å². The fourth-order valence-electron chi connectivity index (χ4n) is 2.37. The van der Waals surface area contributed by atoms with Gasteiger partial charge in [0.05, 0.1) is 0 Å². The van der Waals surface area contributed by atoms with Gasteiger partial charge in [-0.2, -0.15) is 0 Å². The average molecular weight is 326 g/mol. The molecule has 24 heavy (non-hydrogen) atoms. The van der Waals surface area contributed by atoms with Crippen LogP contribution < -0.4 is 10.6 Å². The number of nitrogens with one attached hydrogen (secondary N) is 2. The van der Waals surface area contributed by atoms with E-state index in [-0.39, 0.29) is 11.3 Å². The number of rotatable bonds is 6. The molecule has 1 heterocycles. The predicted octanol–water partition coefficient (Wildman–Crippen LogP) is 4.05. The molecule has 2 N–H and O–H groups in total. The highest BCUT2D eigenvalue weighted by molar-refractivity contribution is 5.92. The van der Waals surface area contributed by atoms with E-state index in [1.54, 1.807) is 12.1 Å². The number of unbranched alkanes of at least 4 members (excludes halogenated alkanes) is 1. The zero-order chi connectivity index (χ0) is 17.6. The highest BCUT2D eigenvalue weighted by atomic mass is 16.1. The van der Waals surface area contributed by atoms with Gasteiger partial charge in [0.2, 0.25) is 0 Å². The number of anilines is 2. The molecular formula is C19H26N4O. The molecule has 5 nitrogen and oxygen atoms in total. The van der Waals surface area contributed by atoms with E-state index in [1.807, 2.05) is 18.2 Å². The maximum atomic E-state index is 11.9. The van der Waals surface area contributed by atoms with Crippen LogP contribution in [-0.4, -0.2) is 22.6 Å². The zero-order valence-electron chi connectivity index (χ0n) is 14.9. The zero-order valence-corrected chi connectivity index (χ0v) is 14.9. The van der Waals surface area contributed by atoms with E-state index >= 15 is 0 Å². The molecule has 0 spiro atoms. The van der Waals surface area contributed by atoms with Gasteiger partial charge < -0.3 is 10.6 Å². The Kier molecular flexibility index (Phi) is 5.90. The summed E-state index contributed by atoms with van der Waals surface area (Å²) in [6, 6.07) is 11.6. The topological polar surface area (TPSA) is 66.9 Å². The molecule has 0 aliphatic rings. The molecule has 0 atom stereocenters. The van der Waals surface area contributed by atoms with Crippen LogP contribution in [-0.2, 0) is 5.41 Å². The van der Waals surface area contributed by atoms with E-state index in [0.717, 1.165) is 18.5 Å². The number of nitrogens with zero attached hydrogens (tertiary/aromatic N) is 2. The highest BCUT2D eigenvalue weighted by Gasteiger charge is 2.17. The lowest BCUT2D eigenvalue weighted by Gasteiger charge is -2.23. The van der Waals surface area contributed by atoms with Crippen LogP contribution in [0.15, 0.2) is 36.4 Å². The summed E-state index contributed by atoms with van der Waals surface area (Å²) in [5.74, 6) is 0.439. The van der Waals surface area contributed by atoms with E-state index in [9.17, 15) is 4.79 Å². The number of amides is 1. The van der Waals surface area contributed by atoms with Crippen molar-refractivity contribution in [1.82, 2.24) is 15.5 Å². The summed E-state index contributed by atoms with van der Waals surface area (Å²) in [4.78, 5) is 11.9. The Hall–Kier alpha value is -2.43. The first-order valence-electron chi connectivity index (χ1n) is 8.40. The van der Waals surface area contributed by atoms with Crippen LogP contribution >= 0.6 is 0 Å². The van der Waals surface area contributed by atoms with E-state index in [4.69, 9.17) is 0 Å². The Balaban J connectivity index is 2.09. The summed E-state index contributed by atoms with van der Waals surface area (Å²) in [5, 5.41) is 14.3. The van der Waals surface area contributed by atoms with E-state index in [2.05, 4.69) is 54.6 Å². The molecule has 0 saturated carbocycles. The minimum absolute atomic E-state index is 0.0239. The second kappa shape index (κ2) is 7.90. The van der Waals surface area contributed by atoms with Gasteiger partial charge in [0.1, 0.15) is 0 Å². The first-order chi connectivity index (χ1) is 11.4. The van der Waals surface area contributed by atoms with Crippen molar-refractivity contribution < 1.29 is 4.79 Å². The second-order valence-corrected chi connectivity index (χ2v) is 6.83. The lowest BCUT2D eigenvalue weighted by Crippen LogP contribution is -2.25. The first kappa shape index (κ1) is 17.9. The summed E-state index contributed by atoms with van der Waals surface area (Å²) in [6.07, 6.45) is 2.00. The minimum Gasteiger partial charge on any atom is -0.351 e. The van der Waals surface area contributed by atoms with Gasteiger partial charge in [0, 0.05) is 12.2 Å². The Morgan fingerprint density at radius 1 is 1.08 bits per heavy atom. The summed E-state index contributed by atoms with van der Waals surface area (Å²) >= 11 is 0. The van der Waals surface area contributed by atoms with Gasteiger partial charge in [-0.1, -0.05) is 52.3 Å². The number of aromatic nitrogens is 2. The van der Waals surface area contributed by atoms with E-state index in [1.165, 1.54) is 5.56 Å². The van der Waals surface area contributed by atoms with Crippen molar-refractivity contribution in [3.05, 3.63) is 47.7 Å². The minimum atomic E-state index is -0.183. The highest BCUT2D eigenvalue weighted by Crippen LogP contribution is 2.30. The molecule has 0 bridgehead atoms. The van der Waals surface area contributed by atoms with Crippen LogP contribution in [0.5, 0.6) is 0 Å². The summed E-state index contributed by atoms with van der Waals surface area (Å²) < 4.78 is 0. The maximum absolute atomic E-state index is 11.9. The largest absolute Gasteiger partial charge is 0.351 e. The molecule has 0 aliphatic carbocycles. The van der Waals surface area contributed by atoms with E-state index < -0.39 is 0 Å². The van der Waals surface area contributed by atoms with Crippen molar-refractivity contribution in [2.24, 2.45) is 0 Å². The predicted molar refractivity (Wildman–Crippen MR) is 97.7 cm³/mol. The number of hydrogen-bond acceptors (Lipinski definition) is 4. The normalized spacial score (nSPS) is 11.2. The third-order valence-corrected chi connectivity index (χ3v) is 3.71. The lowest BCUT2D eigenvalue weighted by atomic mass is 9.86. The van der Waals surface area contributed by atoms with Crippen LogP contribution in [0.25, 0.3) is 0 Å². The fourth-order valence-corrected chi connectivity index (χ4v) is 2.37. The first-order valence-corrected chi connectivity index (χ1v) is 8.40. The average Bonchev–Trinajstić information content (AvgIpc) is 2.55. The molecule has 0 saturated heterocycles. The molecule has 0 unspecified atom stereocenters. The molecule has 1 aromatic heterocycles. The van der Waals surface area contributed by atoms with Crippen LogP contribution in [0.3, 0.4) is 0 Å². The summed E-state index contributed by atoms with van der Waals surface area (Å²) in [6.45, 7) is 9.26. The molecule has 0 radical (unpaired) electrons. The number of benzene rings is 1. The Morgan fingerprint density at radius 2 is 1.83 bits per heavy atom. The smallest absolute Gasteiger partial charge is 0.271 e. The number of para-hydroxylation sites is 1. The van der Waals surface area contributed by atoms with Crippen LogP contribution in [0.4, 0.5) is 11.5 Å². The number of hydrogen-bond donors (Lipinski definition) is 2. The lowest BCUT2D eigenvalue weighted by molar-refractivity contribution is 0.0947. The third kappa shape index (κ3) is 4.78. The van der Waals surface area contributed by atoms with Gasteiger partial charge >= 0.3 is 0 Å². The van der Waals surface area contributed by atoms with Gasteiger partial charge in [-0.25, -0.2) is 0 Å². The van der Waals surface area contributed by atoms with Crippen molar-refractivity contribution >= 4 is 17.4 Å². The van der Waals surface area contributed by atoms with Gasteiger partial charge in [0.25, 0.3) is 5.91 Å². The molecule has 0 aliphatic heterocycles. The molecule has 1 amide bonds. The number of carbonyl (C=O) groups excluding carboxylic acids is 1. The quantitative estimate of drug-likeness (QED) is 0.786. The van der Waals surface area contributed by atoms with Crippen molar-refractivity contribution in [2.45, 2.75) is 46.0 Å². The van der Waals surface area contributed by atoms with Crippen molar-refractivity contribution in [1.29, 1.82) is 0 Å². The molecule has 128 valence electrons. The monoisotopic (exact) mass is 326 g/mol. The fraction of sp³-hybridized carbons (Fsp3) is 0.421. The molecular weight excluding hydrogens is 300 g/mol. The Morgan fingerprint density at radius 3 is 2.46 bits per heavy atom. The molecule has 1 aromatic carbocycles. The SMILES string of the molecule is CCCCNC(=O)c1ccc(Nc2ccccc2C(C)(C)C)nn1. The number of carbonyl (C=O) groups is 1. The van der Waals surface area contributed by atoms with Crippen LogP contribution in [0, 0.1) is 0 Å². The summed E-state index contributed by atoms with van der Waals surface area (Å²) in [7, 11) is 0. The van der Waals surface area contributed by atoms with Crippen LogP contribution in [0.2, 0.25) is 0 Å². The van der Waals surface area contributed by atoms with Crippen molar-refractivity contribution in [3.8, 4) is 0 Å². The second-order valence-electron chi connectivity index (χ2n) is 6.83.